The van der Waals surface area contributed by atoms with E-state index in [9.17, 15) is 14.9 Å². The molecular weight excluding hydrogens is 546 g/mol. The van der Waals surface area contributed by atoms with Gasteiger partial charge in [-0.2, -0.15) is 0 Å². The fourth-order valence-corrected chi connectivity index (χ4v) is 5.19. The van der Waals surface area contributed by atoms with Crippen molar-refractivity contribution in [1.29, 1.82) is 0 Å². The van der Waals surface area contributed by atoms with Crippen LogP contribution in [0.15, 0.2) is 101 Å². The number of aliphatic imine (C=N–C) groups is 1. The number of carbonyl (C=O) groups excluding carboxylic acids is 1. The monoisotopic (exact) mass is 569 g/mol. The van der Waals surface area contributed by atoms with E-state index in [1.54, 1.807) is 35.2 Å². The quantitative estimate of drug-likeness (QED) is 0.127. The molecule has 7 nitrogen and oxygen atoms in total. The Balaban J connectivity index is 1.38. The van der Waals surface area contributed by atoms with Gasteiger partial charge in [-0.3, -0.25) is 19.8 Å². The van der Waals surface area contributed by atoms with E-state index in [1.165, 1.54) is 23.9 Å². The third-order valence-corrected chi connectivity index (χ3v) is 7.42. The van der Waals surface area contributed by atoms with Gasteiger partial charge in [-0.05, 0) is 91.3 Å². The molecule has 0 bridgehead atoms. The topological polar surface area (TPSA) is 85.0 Å². The van der Waals surface area contributed by atoms with Crippen molar-refractivity contribution in [1.82, 2.24) is 0 Å². The molecule has 200 valence electrons. The molecular formula is C31H24ClN3O4S. The summed E-state index contributed by atoms with van der Waals surface area (Å²) in [7, 11) is 0. The highest BCUT2D eigenvalue weighted by atomic mass is 35.5. The van der Waals surface area contributed by atoms with E-state index in [-0.39, 0.29) is 18.2 Å². The maximum Gasteiger partial charge on any atom is 0.271 e. The van der Waals surface area contributed by atoms with Crippen molar-refractivity contribution >= 4 is 57.6 Å². The summed E-state index contributed by atoms with van der Waals surface area (Å²) in [6.07, 6.45) is 1.79. The number of halogens is 1. The smallest absolute Gasteiger partial charge is 0.271 e. The Morgan fingerprint density at radius 1 is 0.950 bits per heavy atom. The number of anilines is 1. The van der Waals surface area contributed by atoms with E-state index in [2.05, 4.69) is 0 Å². The highest BCUT2D eigenvalue weighted by Crippen LogP contribution is 2.38. The molecule has 9 heteroatoms. The van der Waals surface area contributed by atoms with Crippen molar-refractivity contribution in [2.75, 3.05) is 4.90 Å². The minimum atomic E-state index is -0.445. The van der Waals surface area contributed by atoms with E-state index in [4.69, 9.17) is 21.3 Å². The van der Waals surface area contributed by atoms with E-state index >= 15 is 0 Å². The molecule has 40 heavy (non-hydrogen) atoms. The van der Waals surface area contributed by atoms with Gasteiger partial charge in [-0.15, -0.1) is 0 Å². The molecule has 0 unspecified atom stereocenters. The Bertz CT molecular complexity index is 1630. The van der Waals surface area contributed by atoms with Crippen LogP contribution in [0, 0.1) is 24.0 Å². The second-order valence-corrected chi connectivity index (χ2v) is 10.6. The summed E-state index contributed by atoms with van der Waals surface area (Å²) in [5.41, 5.74) is 5.27. The zero-order valence-corrected chi connectivity index (χ0v) is 23.3. The number of aryl methyl sites for hydroxylation is 2. The van der Waals surface area contributed by atoms with Gasteiger partial charge in [0, 0.05) is 12.1 Å². The minimum absolute atomic E-state index is 0.0199. The fourth-order valence-electron chi connectivity index (χ4n) is 3.95. The van der Waals surface area contributed by atoms with Crippen LogP contribution in [0.3, 0.4) is 0 Å². The van der Waals surface area contributed by atoms with E-state index in [1.807, 2.05) is 68.4 Å². The number of hydrogen-bond acceptors (Lipinski definition) is 6. The number of amides is 1. The summed E-state index contributed by atoms with van der Waals surface area (Å²) in [6, 6.07) is 27.0. The van der Waals surface area contributed by atoms with Gasteiger partial charge >= 0.3 is 0 Å². The number of non-ortho nitro benzene ring substituents is 1. The van der Waals surface area contributed by atoms with Crippen molar-refractivity contribution in [2.24, 2.45) is 4.99 Å². The number of nitro groups is 1. The second kappa shape index (κ2) is 11.8. The van der Waals surface area contributed by atoms with E-state index in [0.29, 0.717) is 20.8 Å². The predicted octanol–water partition coefficient (Wildman–Crippen LogP) is 8.25. The first-order valence-corrected chi connectivity index (χ1v) is 13.6. The summed E-state index contributed by atoms with van der Waals surface area (Å²) >= 11 is 7.81. The van der Waals surface area contributed by atoms with E-state index < -0.39 is 4.92 Å². The Morgan fingerprint density at radius 2 is 1.60 bits per heavy atom. The zero-order chi connectivity index (χ0) is 28.2. The molecule has 4 aromatic carbocycles. The lowest BCUT2D eigenvalue weighted by Crippen LogP contribution is -2.28. The minimum Gasteiger partial charge on any atom is -0.487 e. The Labute approximate surface area is 240 Å². The lowest BCUT2D eigenvalue weighted by atomic mass is 10.2. The van der Waals surface area contributed by atoms with Gasteiger partial charge in [-0.1, -0.05) is 53.1 Å². The van der Waals surface area contributed by atoms with Gasteiger partial charge in [0.1, 0.15) is 12.4 Å². The molecule has 0 N–H and O–H groups in total. The lowest BCUT2D eigenvalue weighted by Gasteiger charge is -2.16. The number of benzene rings is 4. The first-order chi connectivity index (χ1) is 19.3. The first kappa shape index (κ1) is 27.2. The van der Waals surface area contributed by atoms with Crippen molar-refractivity contribution < 1.29 is 14.5 Å². The molecule has 1 aliphatic rings. The number of ether oxygens (including phenoxy) is 1. The molecule has 0 aliphatic carbocycles. The number of nitrogens with zero attached hydrogens (tertiary/aromatic N) is 3. The summed E-state index contributed by atoms with van der Waals surface area (Å²) < 4.78 is 5.82. The Hall–Kier alpha value is -4.40. The average molecular weight is 570 g/mol. The average Bonchev–Trinajstić information content (AvgIpc) is 3.24. The molecule has 0 saturated carbocycles. The maximum atomic E-state index is 13.6. The molecule has 1 amide bonds. The zero-order valence-electron chi connectivity index (χ0n) is 21.7. The van der Waals surface area contributed by atoms with Crippen LogP contribution < -0.4 is 9.64 Å². The van der Waals surface area contributed by atoms with Crippen LogP contribution >= 0.6 is 23.4 Å². The third kappa shape index (κ3) is 6.25. The van der Waals surface area contributed by atoms with Gasteiger partial charge in [0.2, 0.25) is 0 Å². The van der Waals surface area contributed by atoms with Gasteiger partial charge in [-0.25, -0.2) is 4.99 Å². The van der Waals surface area contributed by atoms with Gasteiger partial charge in [0.05, 0.1) is 26.2 Å². The molecule has 1 aliphatic heterocycles. The largest absolute Gasteiger partial charge is 0.487 e. The van der Waals surface area contributed by atoms with Crippen molar-refractivity contribution in [3.63, 3.8) is 0 Å². The summed E-state index contributed by atoms with van der Waals surface area (Å²) in [5.74, 6) is 0.296. The highest BCUT2D eigenvalue weighted by molar-refractivity contribution is 8.19. The summed E-state index contributed by atoms with van der Waals surface area (Å²) in [5, 5.41) is 11.8. The summed E-state index contributed by atoms with van der Waals surface area (Å²) in [4.78, 5) is 30.9. The molecule has 1 fully saturated rings. The standard InChI is InChI=1S/C31H24ClN3O4S/c1-20-3-10-24(11-4-20)33-31-34(25-12-5-21(2)6-13-25)30(36)29(40-31)18-23-9-16-28(27(32)17-23)39-19-22-7-14-26(15-8-22)35(37)38/h3-18H,19H2,1-2H3/b29-18-,33-31?. The maximum absolute atomic E-state index is 13.6. The first-order valence-electron chi connectivity index (χ1n) is 12.4. The van der Waals surface area contributed by atoms with Crippen molar-refractivity contribution in [3.8, 4) is 5.75 Å². The van der Waals surface area contributed by atoms with Crippen LogP contribution in [0.4, 0.5) is 17.1 Å². The molecule has 1 saturated heterocycles. The van der Waals surface area contributed by atoms with Gasteiger partial charge < -0.3 is 4.74 Å². The number of hydrogen-bond donors (Lipinski definition) is 0. The lowest BCUT2D eigenvalue weighted by molar-refractivity contribution is -0.384. The van der Waals surface area contributed by atoms with Crippen molar-refractivity contribution in [2.45, 2.75) is 20.5 Å². The molecule has 0 atom stereocenters. The highest BCUT2D eigenvalue weighted by Gasteiger charge is 2.34. The molecule has 1 heterocycles. The Kier molecular flexibility index (Phi) is 8.00. The number of rotatable bonds is 7. The van der Waals surface area contributed by atoms with Gasteiger partial charge in [0.15, 0.2) is 5.17 Å². The molecule has 0 radical (unpaired) electrons. The van der Waals surface area contributed by atoms with Crippen LogP contribution in [-0.4, -0.2) is 16.0 Å². The van der Waals surface area contributed by atoms with Crippen LogP contribution in [0.2, 0.25) is 5.02 Å². The third-order valence-electron chi connectivity index (χ3n) is 6.15. The normalized spacial score (nSPS) is 15.2. The van der Waals surface area contributed by atoms with Crippen LogP contribution in [-0.2, 0) is 11.4 Å². The predicted molar refractivity (Wildman–Crippen MR) is 161 cm³/mol. The molecule has 0 spiro atoms. The SMILES string of the molecule is Cc1ccc(N=C2S/C(=C\c3ccc(OCc4ccc([N+](=O)[O-])cc4)c(Cl)c3)C(=O)N2c2ccc(C)cc2)cc1. The molecule has 5 rings (SSSR count). The molecule has 0 aromatic heterocycles. The number of thioether (sulfide) groups is 1. The Morgan fingerprint density at radius 3 is 2.23 bits per heavy atom. The van der Waals surface area contributed by atoms with E-state index in [0.717, 1.165) is 33.6 Å². The number of nitro benzene ring substituents is 1. The van der Waals surface area contributed by atoms with Gasteiger partial charge in [0.25, 0.3) is 11.6 Å². The van der Waals surface area contributed by atoms with Crippen LogP contribution in [0.25, 0.3) is 6.08 Å². The fraction of sp³-hybridized carbons (Fsp3) is 0.0968. The van der Waals surface area contributed by atoms with Crippen molar-refractivity contribution in [3.05, 3.63) is 133 Å². The summed E-state index contributed by atoms with van der Waals surface area (Å²) in [6.45, 7) is 4.22. The van der Waals surface area contributed by atoms with Crippen LogP contribution in [0.1, 0.15) is 22.3 Å². The van der Waals surface area contributed by atoms with Crippen LogP contribution in [0.5, 0.6) is 5.75 Å². The molecule has 4 aromatic rings. The number of carbonyl (C=O) groups is 1. The number of amidine groups is 1. The second-order valence-electron chi connectivity index (χ2n) is 9.22.